The van der Waals surface area contributed by atoms with Gasteiger partial charge in [-0.2, -0.15) is 0 Å². The molecule has 0 aliphatic heterocycles. The Morgan fingerprint density at radius 3 is 2.52 bits per heavy atom. The third-order valence-electron chi connectivity index (χ3n) is 2.88. The summed E-state index contributed by atoms with van der Waals surface area (Å²) in [7, 11) is -2.37. The SMILES string of the molecule is Cc1ccc(NS(=O)(=O)c2cc(C(=O)O)n(C)c2)c(Br)c1. The Labute approximate surface area is 130 Å². The van der Waals surface area contributed by atoms with Gasteiger partial charge in [-0.15, -0.1) is 0 Å². The van der Waals surface area contributed by atoms with E-state index in [-0.39, 0.29) is 10.6 Å². The maximum Gasteiger partial charge on any atom is 0.352 e. The maximum atomic E-state index is 12.3. The van der Waals surface area contributed by atoms with Gasteiger partial charge in [-0.25, -0.2) is 13.2 Å². The number of rotatable bonds is 4. The summed E-state index contributed by atoms with van der Waals surface area (Å²) >= 11 is 3.29. The molecule has 6 nitrogen and oxygen atoms in total. The van der Waals surface area contributed by atoms with E-state index in [9.17, 15) is 13.2 Å². The number of hydrogen-bond acceptors (Lipinski definition) is 3. The molecule has 0 amide bonds. The fourth-order valence-electron chi connectivity index (χ4n) is 1.80. The van der Waals surface area contributed by atoms with Crippen molar-refractivity contribution in [2.24, 2.45) is 7.05 Å². The number of carbonyl (C=O) groups is 1. The molecule has 0 saturated carbocycles. The van der Waals surface area contributed by atoms with Crippen molar-refractivity contribution in [3.8, 4) is 0 Å². The van der Waals surface area contributed by atoms with E-state index >= 15 is 0 Å². The molecule has 0 radical (unpaired) electrons. The standard InChI is InChI=1S/C13H13BrN2O4S/c1-8-3-4-11(10(14)5-8)15-21(19,20)9-6-12(13(17)18)16(2)7-9/h3-7,15H,1-2H3,(H,17,18). The molecule has 0 unspecified atom stereocenters. The lowest BCUT2D eigenvalue weighted by molar-refractivity contribution is 0.0686. The lowest BCUT2D eigenvalue weighted by Gasteiger charge is -2.09. The van der Waals surface area contributed by atoms with Crippen molar-refractivity contribution in [1.29, 1.82) is 0 Å². The second-order valence-electron chi connectivity index (χ2n) is 4.57. The van der Waals surface area contributed by atoms with Crippen molar-refractivity contribution < 1.29 is 18.3 Å². The van der Waals surface area contributed by atoms with E-state index in [2.05, 4.69) is 20.7 Å². The molecule has 2 aromatic rings. The van der Waals surface area contributed by atoms with Crippen LogP contribution in [0.5, 0.6) is 0 Å². The van der Waals surface area contributed by atoms with Gasteiger partial charge in [0, 0.05) is 17.7 Å². The van der Waals surface area contributed by atoms with Gasteiger partial charge < -0.3 is 9.67 Å². The molecule has 0 aliphatic rings. The van der Waals surface area contributed by atoms with Crippen molar-refractivity contribution in [2.75, 3.05) is 4.72 Å². The zero-order valence-electron chi connectivity index (χ0n) is 11.3. The first-order chi connectivity index (χ1) is 9.70. The van der Waals surface area contributed by atoms with E-state index in [4.69, 9.17) is 5.11 Å². The van der Waals surface area contributed by atoms with Gasteiger partial charge in [0.2, 0.25) is 0 Å². The minimum atomic E-state index is -3.85. The number of aromatic nitrogens is 1. The van der Waals surface area contributed by atoms with Crippen LogP contribution in [0.2, 0.25) is 0 Å². The number of carboxylic acid groups (broad SMARTS) is 1. The number of hydrogen-bond donors (Lipinski definition) is 2. The van der Waals surface area contributed by atoms with Crippen LogP contribution in [0.4, 0.5) is 5.69 Å². The Balaban J connectivity index is 2.38. The first-order valence-electron chi connectivity index (χ1n) is 5.89. The number of aromatic carboxylic acids is 1. The number of halogens is 1. The zero-order chi connectivity index (χ0) is 15.8. The van der Waals surface area contributed by atoms with Crippen LogP contribution >= 0.6 is 15.9 Å². The summed E-state index contributed by atoms with van der Waals surface area (Å²) in [4.78, 5) is 10.9. The Kier molecular flexibility index (Phi) is 4.11. The second-order valence-corrected chi connectivity index (χ2v) is 7.10. The van der Waals surface area contributed by atoms with Crippen LogP contribution in [0.15, 0.2) is 39.8 Å². The number of benzene rings is 1. The molecule has 0 atom stereocenters. The normalized spacial score (nSPS) is 11.4. The summed E-state index contributed by atoms with van der Waals surface area (Å²) in [6.45, 7) is 1.89. The maximum absolute atomic E-state index is 12.3. The van der Waals surface area contributed by atoms with Crippen LogP contribution in [-0.2, 0) is 17.1 Å². The molecular formula is C13H13BrN2O4S. The minimum absolute atomic E-state index is 0.0988. The summed E-state index contributed by atoms with van der Waals surface area (Å²) in [5.41, 5.74) is 1.28. The van der Waals surface area contributed by atoms with Crippen molar-refractivity contribution in [3.05, 3.63) is 46.2 Å². The number of sulfonamides is 1. The Morgan fingerprint density at radius 1 is 1.33 bits per heavy atom. The molecule has 0 fully saturated rings. The summed E-state index contributed by atoms with van der Waals surface area (Å²) in [5.74, 6) is -1.18. The molecule has 0 aliphatic carbocycles. The third-order valence-corrected chi connectivity index (χ3v) is 4.87. The lowest BCUT2D eigenvalue weighted by Crippen LogP contribution is -2.12. The van der Waals surface area contributed by atoms with Gasteiger partial charge in [0.05, 0.1) is 5.69 Å². The predicted molar refractivity (Wildman–Crippen MR) is 82.1 cm³/mol. The number of nitrogens with one attached hydrogen (secondary N) is 1. The van der Waals surface area contributed by atoms with Gasteiger partial charge in [-0.05, 0) is 46.6 Å². The van der Waals surface area contributed by atoms with E-state index < -0.39 is 16.0 Å². The zero-order valence-corrected chi connectivity index (χ0v) is 13.7. The van der Waals surface area contributed by atoms with Crippen LogP contribution in [0.25, 0.3) is 0 Å². The summed E-state index contributed by atoms with van der Waals surface area (Å²) in [6, 6.07) is 6.31. The summed E-state index contributed by atoms with van der Waals surface area (Å²) in [6.07, 6.45) is 1.26. The monoisotopic (exact) mass is 372 g/mol. The quantitative estimate of drug-likeness (QED) is 0.862. The van der Waals surface area contributed by atoms with Gasteiger partial charge in [0.1, 0.15) is 10.6 Å². The van der Waals surface area contributed by atoms with Crippen molar-refractivity contribution in [3.63, 3.8) is 0 Å². The van der Waals surface area contributed by atoms with Crippen LogP contribution < -0.4 is 4.72 Å². The molecule has 1 aromatic heterocycles. The first kappa shape index (κ1) is 15.6. The highest BCUT2D eigenvalue weighted by Crippen LogP contribution is 2.26. The molecule has 112 valence electrons. The van der Waals surface area contributed by atoms with E-state index in [0.29, 0.717) is 10.2 Å². The highest BCUT2D eigenvalue weighted by molar-refractivity contribution is 9.10. The van der Waals surface area contributed by atoms with Gasteiger partial charge >= 0.3 is 5.97 Å². The average Bonchev–Trinajstić information content (AvgIpc) is 2.76. The number of anilines is 1. The van der Waals surface area contributed by atoms with Crippen LogP contribution in [-0.4, -0.2) is 24.1 Å². The number of carboxylic acids is 1. The van der Waals surface area contributed by atoms with Crippen molar-refractivity contribution in [1.82, 2.24) is 4.57 Å². The van der Waals surface area contributed by atoms with Gasteiger partial charge in [-0.1, -0.05) is 6.07 Å². The van der Waals surface area contributed by atoms with Crippen molar-refractivity contribution in [2.45, 2.75) is 11.8 Å². The number of aryl methyl sites for hydroxylation is 2. The summed E-state index contributed by atoms with van der Waals surface area (Å²) < 4.78 is 28.9. The van der Waals surface area contributed by atoms with Crippen molar-refractivity contribution >= 4 is 37.6 Å². The molecule has 0 saturated heterocycles. The van der Waals surface area contributed by atoms with Gasteiger partial charge in [-0.3, -0.25) is 4.72 Å². The van der Waals surface area contributed by atoms with Crippen LogP contribution in [0.3, 0.4) is 0 Å². The second kappa shape index (κ2) is 5.53. The topological polar surface area (TPSA) is 88.4 Å². The molecule has 1 heterocycles. The Bertz CT molecular complexity index is 812. The molecule has 1 aromatic carbocycles. The van der Waals surface area contributed by atoms with E-state index in [1.165, 1.54) is 17.8 Å². The molecule has 0 bridgehead atoms. The lowest BCUT2D eigenvalue weighted by atomic mass is 10.2. The Hall–Kier alpha value is -1.80. The minimum Gasteiger partial charge on any atom is -0.477 e. The molecular weight excluding hydrogens is 360 g/mol. The first-order valence-corrected chi connectivity index (χ1v) is 8.17. The molecule has 8 heteroatoms. The third kappa shape index (κ3) is 3.27. The van der Waals surface area contributed by atoms with Gasteiger partial charge in [0.25, 0.3) is 10.0 Å². The molecule has 0 spiro atoms. The predicted octanol–water partition coefficient (Wildman–Crippen LogP) is 2.60. The van der Waals surface area contributed by atoms with E-state index in [1.54, 1.807) is 18.2 Å². The Morgan fingerprint density at radius 2 is 2.00 bits per heavy atom. The van der Waals surface area contributed by atoms with Crippen LogP contribution in [0, 0.1) is 6.92 Å². The van der Waals surface area contributed by atoms with Crippen LogP contribution in [0.1, 0.15) is 16.1 Å². The highest BCUT2D eigenvalue weighted by Gasteiger charge is 2.21. The fraction of sp³-hybridized carbons (Fsp3) is 0.154. The summed E-state index contributed by atoms with van der Waals surface area (Å²) in [5, 5.41) is 8.97. The smallest absolute Gasteiger partial charge is 0.352 e. The highest BCUT2D eigenvalue weighted by atomic mass is 79.9. The molecule has 21 heavy (non-hydrogen) atoms. The van der Waals surface area contributed by atoms with Gasteiger partial charge in [0.15, 0.2) is 0 Å². The molecule has 2 N–H and O–H groups in total. The largest absolute Gasteiger partial charge is 0.477 e. The molecule has 2 rings (SSSR count). The average molecular weight is 373 g/mol. The fourth-order valence-corrected chi connectivity index (χ4v) is 3.67. The van der Waals surface area contributed by atoms with E-state index in [1.807, 2.05) is 6.92 Å². The van der Waals surface area contributed by atoms with E-state index in [0.717, 1.165) is 11.6 Å². The number of nitrogens with zero attached hydrogens (tertiary/aromatic N) is 1.